The van der Waals surface area contributed by atoms with Crippen molar-refractivity contribution in [2.45, 2.75) is 252 Å². The van der Waals surface area contributed by atoms with Crippen molar-refractivity contribution in [3.8, 4) is 0 Å². The SMILES string of the molecule is CC/C=C\C/C=C\C/C=C\C/C=C\C/C=C\C/C=C\CCC(=O)OCC(COC(=O)CCCCCCCCCCCCC)OC(=O)CCCCCCCCCCCCCCCC. The van der Waals surface area contributed by atoms with Crippen LogP contribution in [0.15, 0.2) is 72.9 Å². The van der Waals surface area contributed by atoms with E-state index in [4.69, 9.17) is 14.2 Å². The van der Waals surface area contributed by atoms with Crippen molar-refractivity contribution >= 4 is 17.9 Å². The van der Waals surface area contributed by atoms with Gasteiger partial charge in [0.15, 0.2) is 6.10 Å². The van der Waals surface area contributed by atoms with E-state index in [0.29, 0.717) is 19.3 Å². The minimum absolute atomic E-state index is 0.0955. The number of rotatable bonds is 46. The Kier molecular flexibility index (Phi) is 47.9. The Balaban J connectivity index is 4.46. The zero-order valence-corrected chi connectivity index (χ0v) is 40.6. The maximum Gasteiger partial charge on any atom is 0.306 e. The molecule has 356 valence electrons. The number of esters is 3. The standard InChI is InChI=1S/C56H96O6/c1-4-7-10-13-16-19-22-24-26-27-28-29-30-32-34-37-40-43-46-49-55(58)61-52-53(51-60-54(57)48-45-42-39-36-33-21-18-15-12-9-6-3)62-56(59)50-47-44-41-38-35-31-25-23-20-17-14-11-8-5-2/h7,10,16,19,24,26,28-29,32,34,40,43,53H,4-6,8-9,11-15,17-18,20-23,25,27,30-31,33,35-39,41-42,44-52H2,1-3H3/b10-7-,19-16-,26-24-,29-28-,34-32-,43-40-. The average molecular weight is 865 g/mol. The number of carbonyl (C=O) groups is 3. The van der Waals surface area contributed by atoms with Gasteiger partial charge in [-0.1, -0.05) is 241 Å². The lowest BCUT2D eigenvalue weighted by atomic mass is 10.0. The van der Waals surface area contributed by atoms with Gasteiger partial charge in [-0.2, -0.15) is 0 Å². The molecule has 0 aromatic heterocycles. The number of unbranched alkanes of at least 4 members (excludes halogenated alkanes) is 23. The molecule has 0 amide bonds. The molecule has 0 radical (unpaired) electrons. The molecule has 0 aliphatic rings. The van der Waals surface area contributed by atoms with Crippen LogP contribution in [0.2, 0.25) is 0 Å². The van der Waals surface area contributed by atoms with E-state index >= 15 is 0 Å². The number of carbonyl (C=O) groups excluding carboxylic acids is 3. The Hall–Kier alpha value is -3.15. The molecule has 0 aliphatic heterocycles. The van der Waals surface area contributed by atoms with Crippen molar-refractivity contribution in [2.24, 2.45) is 0 Å². The topological polar surface area (TPSA) is 78.9 Å². The van der Waals surface area contributed by atoms with Crippen molar-refractivity contribution < 1.29 is 28.6 Å². The van der Waals surface area contributed by atoms with E-state index in [2.05, 4.69) is 87.6 Å². The molecule has 0 spiro atoms. The largest absolute Gasteiger partial charge is 0.462 e. The summed E-state index contributed by atoms with van der Waals surface area (Å²) in [5.74, 6) is -0.980. The van der Waals surface area contributed by atoms with Crippen LogP contribution in [0.5, 0.6) is 0 Å². The van der Waals surface area contributed by atoms with Crippen LogP contribution in [-0.2, 0) is 28.6 Å². The van der Waals surface area contributed by atoms with Crippen molar-refractivity contribution in [3.05, 3.63) is 72.9 Å². The van der Waals surface area contributed by atoms with Crippen molar-refractivity contribution in [2.75, 3.05) is 13.2 Å². The van der Waals surface area contributed by atoms with Gasteiger partial charge in [-0.3, -0.25) is 14.4 Å². The number of ether oxygens (including phenoxy) is 3. The molecule has 0 rings (SSSR count). The molecule has 0 fully saturated rings. The lowest BCUT2D eigenvalue weighted by Crippen LogP contribution is -2.30. The second-order valence-corrected chi connectivity index (χ2v) is 17.1. The van der Waals surface area contributed by atoms with Crippen molar-refractivity contribution in [1.29, 1.82) is 0 Å². The molecule has 0 aliphatic carbocycles. The molecule has 0 aromatic carbocycles. The third kappa shape index (κ3) is 47.9. The Morgan fingerprint density at radius 2 is 0.629 bits per heavy atom. The van der Waals surface area contributed by atoms with Crippen LogP contribution in [0, 0.1) is 0 Å². The zero-order valence-electron chi connectivity index (χ0n) is 40.6. The van der Waals surface area contributed by atoms with Crippen LogP contribution in [0.4, 0.5) is 0 Å². The number of hydrogen-bond acceptors (Lipinski definition) is 6. The molecule has 0 heterocycles. The molecule has 0 bridgehead atoms. The van der Waals surface area contributed by atoms with Crippen molar-refractivity contribution in [1.82, 2.24) is 0 Å². The second-order valence-electron chi connectivity index (χ2n) is 17.1. The third-order valence-corrected chi connectivity index (χ3v) is 11.0. The van der Waals surface area contributed by atoms with Crippen LogP contribution >= 0.6 is 0 Å². The fourth-order valence-corrected chi connectivity index (χ4v) is 7.12. The third-order valence-electron chi connectivity index (χ3n) is 11.0. The second kappa shape index (κ2) is 50.5. The van der Waals surface area contributed by atoms with E-state index in [1.165, 1.54) is 122 Å². The summed E-state index contributed by atoms with van der Waals surface area (Å²) in [5, 5.41) is 0. The van der Waals surface area contributed by atoms with E-state index < -0.39 is 6.10 Å². The predicted octanol–water partition coefficient (Wildman–Crippen LogP) is 17.0. The summed E-state index contributed by atoms with van der Waals surface area (Å²) in [6.07, 6.45) is 63.2. The van der Waals surface area contributed by atoms with Gasteiger partial charge < -0.3 is 14.2 Å². The normalized spacial score (nSPS) is 12.6. The lowest BCUT2D eigenvalue weighted by Gasteiger charge is -2.18. The summed E-state index contributed by atoms with van der Waals surface area (Å²) in [6.45, 7) is 6.46. The van der Waals surface area contributed by atoms with Gasteiger partial charge in [0.05, 0.1) is 0 Å². The molecule has 1 unspecified atom stereocenters. The molecule has 0 saturated heterocycles. The van der Waals surface area contributed by atoms with E-state index in [1.54, 1.807) is 0 Å². The molecule has 0 saturated carbocycles. The molecule has 0 aromatic rings. The number of hydrogen-bond donors (Lipinski definition) is 0. The Morgan fingerprint density at radius 3 is 0.984 bits per heavy atom. The van der Waals surface area contributed by atoms with Crippen LogP contribution in [0.3, 0.4) is 0 Å². The van der Waals surface area contributed by atoms with E-state index in [1.807, 2.05) is 6.08 Å². The maximum absolute atomic E-state index is 12.8. The van der Waals surface area contributed by atoms with Gasteiger partial charge in [0.2, 0.25) is 0 Å². The maximum atomic E-state index is 12.8. The Morgan fingerprint density at radius 1 is 0.339 bits per heavy atom. The van der Waals surface area contributed by atoms with Crippen molar-refractivity contribution in [3.63, 3.8) is 0 Å². The summed E-state index contributed by atoms with van der Waals surface area (Å²) in [7, 11) is 0. The van der Waals surface area contributed by atoms with Gasteiger partial charge in [-0.25, -0.2) is 0 Å². The monoisotopic (exact) mass is 865 g/mol. The quantitative estimate of drug-likeness (QED) is 0.0262. The van der Waals surface area contributed by atoms with Crippen LogP contribution in [0.25, 0.3) is 0 Å². The van der Waals surface area contributed by atoms with Crippen LogP contribution in [-0.4, -0.2) is 37.2 Å². The van der Waals surface area contributed by atoms with Crippen LogP contribution in [0.1, 0.15) is 245 Å². The summed E-state index contributed by atoms with van der Waals surface area (Å²) < 4.78 is 16.7. The molecule has 6 nitrogen and oxygen atoms in total. The van der Waals surface area contributed by atoms with Gasteiger partial charge in [-0.05, 0) is 57.8 Å². The van der Waals surface area contributed by atoms with Gasteiger partial charge in [0, 0.05) is 19.3 Å². The van der Waals surface area contributed by atoms with Gasteiger partial charge in [0.25, 0.3) is 0 Å². The Labute approximate surface area is 382 Å². The Bertz CT molecular complexity index is 1180. The first-order chi connectivity index (χ1) is 30.5. The minimum atomic E-state index is -0.801. The molecular weight excluding hydrogens is 769 g/mol. The van der Waals surface area contributed by atoms with Gasteiger partial charge >= 0.3 is 17.9 Å². The predicted molar refractivity (Wildman–Crippen MR) is 265 cm³/mol. The van der Waals surface area contributed by atoms with E-state index in [0.717, 1.165) is 77.0 Å². The summed E-state index contributed by atoms with van der Waals surface area (Å²) in [5.41, 5.74) is 0. The molecule has 0 N–H and O–H groups in total. The highest BCUT2D eigenvalue weighted by Crippen LogP contribution is 2.15. The zero-order chi connectivity index (χ0) is 45.1. The molecule has 1 atom stereocenters. The van der Waals surface area contributed by atoms with Gasteiger partial charge in [0.1, 0.15) is 13.2 Å². The summed E-state index contributed by atoms with van der Waals surface area (Å²) in [4.78, 5) is 37.9. The summed E-state index contributed by atoms with van der Waals surface area (Å²) >= 11 is 0. The molecular formula is C56H96O6. The first-order valence-corrected chi connectivity index (χ1v) is 25.9. The van der Waals surface area contributed by atoms with Crippen LogP contribution < -0.4 is 0 Å². The molecule has 6 heteroatoms. The first kappa shape index (κ1) is 58.9. The van der Waals surface area contributed by atoms with E-state index in [-0.39, 0.29) is 37.5 Å². The highest BCUT2D eigenvalue weighted by molar-refractivity contribution is 5.71. The van der Waals surface area contributed by atoms with Gasteiger partial charge in [-0.15, -0.1) is 0 Å². The van der Waals surface area contributed by atoms with E-state index in [9.17, 15) is 14.4 Å². The number of allylic oxidation sites excluding steroid dienone is 12. The molecule has 62 heavy (non-hydrogen) atoms. The minimum Gasteiger partial charge on any atom is -0.462 e. The smallest absolute Gasteiger partial charge is 0.306 e. The fraction of sp³-hybridized carbons (Fsp3) is 0.732. The highest BCUT2D eigenvalue weighted by Gasteiger charge is 2.19. The summed E-state index contributed by atoms with van der Waals surface area (Å²) in [6, 6.07) is 0. The average Bonchev–Trinajstić information content (AvgIpc) is 3.27. The lowest BCUT2D eigenvalue weighted by molar-refractivity contribution is -0.166. The first-order valence-electron chi connectivity index (χ1n) is 25.9. The highest BCUT2D eigenvalue weighted by atomic mass is 16.6. The fourth-order valence-electron chi connectivity index (χ4n) is 7.12.